The van der Waals surface area contributed by atoms with E-state index in [2.05, 4.69) is 48.8 Å². The van der Waals surface area contributed by atoms with Crippen LogP contribution in [0.4, 0.5) is 5.69 Å². The van der Waals surface area contributed by atoms with Gasteiger partial charge < -0.3 is 5.32 Å². The molecule has 1 unspecified atom stereocenters. The summed E-state index contributed by atoms with van der Waals surface area (Å²) in [6.07, 6.45) is 5.06. The Hall–Kier alpha value is -0.990. The maximum atomic E-state index is 5.98. The molecule has 0 spiro atoms. The highest BCUT2D eigenvalue weighted by Crippen LogP contribution is 2.27. The van der Waals surface area contributed by atoms with Crippen molar-refractivity contribution < 1.29 is 0 Å². The average Bonchev–Trinajstić information content (AvgIpc) is 2.88. The predicted octanol–water partition coefficient (Wildman–Crippen LogP) is 6.31. The molecule has 0 aliphatic carbocycles. The van der Waals surface area contributed by atoms with Crippen LogP contribution in [0.3, 0.4) is 0 Å². The third-order valence-electron chi connectivity index (χ3n) is 3.49. The molecule has 108 valence electrons. The van der Waals surface area contributed by atoms with Gasteiger partial charge in [-0.3, -0.25) is 0 Å². The molecule has 0 bridgehead atoms. The van der Waals surface area contributed by atoms with Gasteiger partial charge in [0.1, 0.15) is 0 Å². The largest absolute Gasteiger partial charge is 0.378 e. The van der Waals surface area contributed by atoms with Crippen LogP contribution in [-0.4, -0.2) is 0 Å². The Morgan fingerprint density at radius 3 is 2.55 bits per heavy atom. The molecular weight excluding hydrogens is 286 g/mol. The van der Waals surface area contributed by atoms with E-state index in [0.717, 1.165) is 4.34 Å². The maximum Gasteiger partial charge on any atom is 0.0931 e. The van der Waals surface area contributed by atoms with Crippen LogP contribution in [0.15, 0.2) is 35.7 Å². The van der Waals surface area contributed by atoms with E-state index in [-0.39, 0.29) is 6.04 Å². The maximum absolute atomic E-state index is 5.98. The summed E-state index contributed by atoms with van der Waals surface area (Å²) in [4.78, 5) is 0. The second kappa shape index (κ2) is 7.70. The number of hydrogen-bond donors (Lipinski definition) is 1. The molecule has 0 aliphatic rings. The molecule has 2 rings (SSSR count). The van der Waals surface area contributed by atoms with E-state index < -0.39 is 0 Å². The molecular formula is C17H22ClNS. The molecule has 1 N–H and O–H groups in total. The van der Waals surface area contributed by atoms with Gasteiger partial charge >= 0.3 is 0 Å². The molecule has 1 heterocycles. The van der Waals surface area contributed by atoms with Gasteiger partial charge in [0.05, 0.1) is 4.34 Å². The number of rotatable bonds is 7. The highest BCUT2D eigenvalue weighted by atomic mass is 35.5. The summed E-state index contributed by atoms with van der Waals surface area (Å²) in [6, 6.07) is 11.1. The summed E-state index contributed by atoms with van der Waals surface area (Å²) in [5.41, 5.74) is 3.83. The van der Waals surface area contributed by atoms with Crippen LogP contribution in [0.5, 0.6) is 0 Å². The highest BCUT2D eigenvalue weighted by molar-refractivity contribution is 7.14. The Labute approximate surface area is 131 Å². The third-order valence-corrected chi connectivity index (χ3v) is 4.60. The van der Waals surface area contributed by atoms with Crippen LogP contribution >= 0.6 is 22.9 Å². The lowest BCUT2D eigenvalue weighted by Crippen LogP contribution is -2.05. The Morgan fingerprint density at radius 2 is 1.95 bits per heavy atom. The van der Waals surface area contributed by atoms with Crippen molar-refractivity contribution in [3.05, 3.63) is 51.2 Å². The van der Waals surface area contributed by atoms with E-state index in [9.17, 15) is 0 Å². The first-order valence-corrected chi connectivity index (χ1v) is 8.54. The van der Waals surface area contributed by atoms with E-state index in [1.807, 2.05) is 6.07 Å². The Balaban J connectivity index is 1.90. The van der Waals surface area contributed by atoms with E-state index in [0.29, 0.717) is 0 Å². The van der Waals surface area contributed by atoms with E-state index in [4.69, 9.17) is 11.6 Å². The lowest BCUT2D eigenvalue weighted by molar-refractivity contribution is 0.717. The Morgan fingerprint density at radius 1 is 1.20 bits per heavy atom. The number of anilines is 1. The van der Waals surface area contributed by atoms with Crippen molar-refractivity contribution in [3.63, 3.8) is 0 Å². The fourth-order valence-electron chi connectivity index (χ4n) is 2.23. The van der Waals surface area contributed by atoms with Gasteiger partial charge in [-0.05, 0) is 54.5 Å². The molecule has 1 aromatic carbocycles. The standard InChI is InChI=1S/C17H22ClNS/c1-3-4-5-6-14-7-9-16(10-8-14)19-13(2)15-11-17(18)20-12-15/h7-13,19H,3-6H2,1-2H3. The van der Waals surface area contributed by atoms with Gasteiger partial charge in [-0.15, -0.1) is 11.3 Å². The quantitative estimate of drug-likeness (QED) is 0.591. The van der Waals surface area contributed by atoms with Crippen LogP contribution in [0.2, 0.25) is 4.34 Å². The number of unbranched alkanes of at least 4 members (excludes halogenated alkanes) is 2. The molecule has 20 heavy (non-hydrogen) atoms. The van der Waals surface area contributed by atoms with Gasteiger partial charge in [0.15, 0.2) is 0 Å². The van der Waals surface area contributed by atoms with E-state index in [1.54, 1.807) is 11.3 Å². The summed E-state index contributed by atoms with van der Waals surface area (Å²) in [7, 11) is 0. The Bertz CT molecular complexity index is 518. The summed E-state index contributed by atoms with van der Waals surface area (Å²) in [5.74, 6) is 0. The van der Waals surface area contributed by atoms with Gasteiger partial charge in [-0.25, -0.2) is 0 Å². The lowest BCUT2D eigenvalue weighted by atomic mass is 10.1. The number of hydrogen-bond acceptors (Lipinski definition) is 2. The number of thiophene rings is 1. The third kappa shape index (κ3) is 4.53. The van der Waals surface area contributed by atoms with Crippen molar-refractivity contribution in [1.29, 1.82) is 0 Å². The Kier molecular flexibility index (Phi) is 5.93. The molecule has 0 amide bonds. The minimum Gasteiger partial charge on any atom is -0.378 e. The molecule has 1 atom stereocenters. The summed E-state index contributed by atoms with van der Waals surface area (Å²) < 4.78 is 0.847. The van der Waals surface area contributed by atoms with Gasteiger partial charge in [0, 0.05) is 11.7 Å². The first-order chi connectivity index (χ1) is 9.69. The summed E-state index contributed by atoms with van der Waals surface area (Å²) in [6.45, 7) is 4.40. The fourth-order valence-corrected chi connectivity index (χ4v) is 3.22. The molecule has 1 nitrogen and oxygen atoms in total. The first kappa shape index (κ1) is 15.4. The molecule has 0 radical (unpaired) electrons. The zero-order valence-electron chi connectivity index (χ0n) is 12.2. The van der Waals surface area contributed by atoms with Crippen LogP contribution in [0, 0.1) is 0 Å². The van der Waals surface area contributed by atoms with Gasteiger partial charge in [-0.2, -0.15) is 0 Å². The van der Waals surface area contributed by atoms with Crippen molar-refractivity contribution in [2.75, 3.05) is 5.32 Å². The van der Waals surface area contributed by atoms with Crippen LogP contribution < -0.4 is 5.32 Å². The highest BCUT2D eigenvalue weighted by Gasteiger charge is 2.07. The average molecular weight is 308 g/mol. The van der Waals surface area contributed by atoms with Gasteiger partial charge in [-0.1, -0.05) is 43.5 Å². The zero-order chi connectivity index (χ0) is 14.4. The van der Waals surface area contributed by atoms with Crippen LogP contribution in [0.1, 0.15) is 50.3 Å². The molecule has 3 heteroatoms. The molecule has 0 fully saturated rings. The van der Waals surface area contributed by atoms with Crippen molar-refractivity contribution in [2.45, 2.75) is 45.6 Å². The molecule has 0 saturated carbocycles. The molecule has 2 aromatic rings. The second-order valence-electron chi connectivity index (χ2n) is 5.20. The fraction of sp³-hybridized carbons (Fsp3) is 0.412. The molecule has 0 saturated heterocycles. The minimum atomic E-state index is 0.282. The second-order valence-corrected chi connectivity index (χ2v) is 6.75. The van der Waals surface area contributed by atoms with Crippen LogP contribution in [0.25, 0.3) is 0 Å². The number of halogens is 1. The first-order valence-electron chi connectivity index (χ1n) is 7.28. The molecule has 1 aromatic heterocycles. The summed E-state index contributed by atoms with van der Waals surface area (Å²) in [5, 5.41) is 5.62. The van der Waals surface area contributed by atoms with Crippen LogP contribution in [-0.2, 0) is 6.42 Å². The van der Waals surface area contributed by atoms with E-state index in [1.165, 1.54) is 42.5 Å². The smallest absolute Gasteiger partial charge is 0.0931 e. The normalized spacial score (nSPS) is 12.3. The number of benzene rings is 1. The zero-order valence-corrected chi connectivity index (χ0v) is 13.7. The summed E-state index contributed by atoms with van der Waals surface area (Å²) >= 11 is 7.56. The SMILES string of the molecule is CCCCCc1ccc(NC(C)c2csc(Cl)c2)cc1. The van der Waals surface area contributed by atoms with Gasteiger partial charge in [0.25, 0.3) is 0 Å². The molecule has 0 aliphatic heterocycles. The number of aryl methyl sites for hydroxylation is 1. The van der Waals surface area contributed by atoms with Crippen molar-refractivity contribution in [1.82, 2.24) is 0 Å². The van der Waals surface area contributed by atoms with Crippen molar-refractivity contribution in [2.24, 2.45) is 0 Å². The van der Waals surface area contributed by atoms with E-state index >= 15 is 0 Å². The number of nitrogens with one attached hydrogen (secondary N) is 1. The topological polar surface area (TPSA) is 12.0 Å². The monoisotopic (exact) mass is 307 g/mol. The van der Waals surface area contributed by atoms with Crippen molar-refractivity contribution in [3.8, 4) is 0 Å². The predicted molar refractivity (Wildman–Crippen MR) is 91.0 cm³/mol. The van der Waals surface area contributed by atoms with Gasteiger partial charge in [0.2, 0.25) is 0 Å². The lowest BCUT2D eigenvalue weighted by Gasteiger charge is -2.14. The minimum absolute atomic E-state index is 0.282. The van der Waals surface area contributed by atoms with Crippen molar-refractivity contribution >= 4 is 28.6 Å².